The Labute approximate surface area is 152 Å². The molecule has 1 fully saturated rings. The van der Waals surface area contributed by atoms with Gasteiger partial charge in [-0.25, -0.2) is 14.8 Å². The summed E-state index contributed by atoms with van der Waals surface area (Å²) in [6.07, 6.45) is 3.17. The van der Waals surface area contributed by atoms with Gasteiger partial charge in [-0.3, -0.25) is 4.40 Å². The van der Waals surface area contributed by atoms with Crippen molar-refractivity contribution in [1.82, 2.24) is 19.3 Å². The van der Waals surface area contributed by atoms with Crippen molar-refractivity contribution in [3.63, 3.8) is 0 Å². The number of hydrogen-bond acceptors (Lipinski definition) is 5. The Kier molecular flexibility index (Phi) is 4.04. The maximum Gasteiger partial charge on any atom is 0.410 e. The molecule has 0 atom stereocenters. The van der Waals surface area contributed by atoms with Crippen molar-refractivity contribution >= 4 is 33.4 Å². The van der Waals surface area contributed by atoms with E-state index >= 15 is 0 Å². The van der Waals surface area contributed by atoms with Crippen molar-refractivity contribution in [3.8, 4) is 0 Å². The van der Waals surface area contributed by atoms with Crippen LogP contribution in [0.25, 0.3) is 5.52 Å². The molecule has 1 aromatic carbocycles. The molecule has 3 aromatic rings. The van der Waals surface area contributed by atoms with Crippen molar-refractivity contribution in [2.45, 2.75) is 12.5 Å². The number of imidazole rings is 1. The second-order valence-electron chi connectivity index (χ2n) is 5.93. The highest BCUT2D eigenvalue weighted by Crippen LogP contribution is 2.31. The smallest absolute Gasteiger partial charge is 0.410 e. The topological polar surface area (TPSA) is 85.8 Å². The highest BCUT2D eigenvalue weighted by Gasteiger charge is 2.36. The fourth-order valence-electron chi connectivity index (χ4n) is 2.93. The number of benzene rings is 1. The predicted octanol–water partition coefficient (Wildman–Crippen LogP) is 2.81. The second kappa shape index (κ2) is 6.36. The summed E-state index contributed by atoms with van der Waals surface area (Å²) in [6.45, 7) is 1.42. The molecule has 1 saturated heterocycles. The molecule has 128 valence electrons. The molecule has 3 heterocycles. The Morgan fingerprint density at radius 2 is 2.08 bits per heavy atom. The highest BCUT2D eigenvalue weighted by atomic mass is 79.9. The Bertz CT molecular complexity index is 921. The largest absolute Gasteiger partial charge is 0.445 e. The average molecular weight is 402 g/mol. The number of aromatic nitrogens is 3. The molecule has 1 aliphatic heterocycles. The number of rotatable bonds is 3. The lowest BCUT2D eigenvalue weighted by Crippen LogP contribution is -2.49. The van der Waals surface area contributed by atoms with Gasteiger partial charge in [0.2, 0.25) is 0 Å². The minimum absolute atomic E-state index is 0.143. The summed E-state index contributed by atoms with van der Waals surface area (Å²) in [5, 5.41) is 0. The molecule has 2 aromatic heterocycles. The molecule has 0 unspecified atom stereocenters. The third-order valence-electron chi connectivity index (χ3n) is 4.28. The van der Waals surface area contributed by atoms with Crippen molar-refractivity contribution in [3.05, 3.63) is 58.7 Å². The molecule has 2 N–H and O–H groups in total. The van der Waals surface area contributed by atoms with Crippen LogP contribution in [0.2, 0.25) is 0 Å². The van der Waals surface area contributed by atoms with Gasteiger partial charge in [-0.2, -0.15) is 0 Å². The molecular weight excluding hydrogens is 386 g/mol. The highest BCUT2D eigenvalue weighted by molar-refractivity contribution is 9.10. The average Bonchev–Trinajstić information content (AvgIpc) is 2.91. The molecule has 4 rings (SSSR count). The molecule has 0 bridgehead atoms. The van der Waals surface area contributed by atoms with Crippen molar-refractivity contribution in [2.24, 2.45) is 0 Å². The van der Waals surface area contributed by atoms with Crippen LogP contribution in [0.3, 0.4) is 0 Å². The van der Waals surface area contributed by atoms with Gasteiger partial charge in [0.15, 0.2) is 5.82 Å². The second-order valence-corrected chi connectivity index (χ2v) is 6.69. The zero-order chi connectivity index (χ0) is 17.4. The maximum atomic E-state index is 12.1. The van der Waals surface area contributed by atoms with E-state index in [9.17, 15) is 4.79 Å². The summed E-state index contributed by atoms with van der Waals surface area (Å²) in [7, 11) is 0. The summed E-state index contributed by atoms with van der Waals surface area (Å²) >= 11 is 3.43. The number of carbonyl (C=O) groups is 1. The molecule has 0 radical (unpaired) electrons. The number of ether oxygens (including phenoxy) is 1. The van der Waals surface area contributed by atoms with Crippen LogP contribution in [0, 0.1) is 0 Å². The monoisotopic (exact) mass is 401 g/mol. The Morgan fingerprint density at radius 1 is 1.32 bits per heavy atom. The van der Waals surface area contributed by atoms with Crippen LogP contribution in [0.1, 0.15) is 17.3 Å². The summed E-state index contributed by atoms with van der Waals surface area (Å²) in [6, 6.07) is 9.63. The minimum Gasteiger partial charge on any atom is -0.445 e. The van der Waals surface area contributed by atoms with E-state index in [1.807, 2.05) is 40.9 Å². The zero-order valence-electron chi connectivity index (χ0n) is 13.3. The van der Waals surface area contributed by atoms with E-state index < -0.39 is 0 Å². The van der Waals surface area contributed by atoms with Crippen LogP contribution in [0.4, 0.5) is 10.6 Å². The van der Waals surface area contributed by atoms with E-state index in [1.165, 1.54) is 0 Å². The van der Waals surface area contributed by atoms with E-state index in [-0.39, 0.29) is 18.6 Å². The van der Waals surface area contributed by atoms with Crippen molar-refractivity contribution in [1.29, 1.82) is 0 Å². The lowest BCUT2D eigenvalue weighted by Gasteiger charge is -2.37. The summed E-state index contributed by atoms with van der Waals surface area (Å²) in [5.74, 6) is 1.43. The van der Waals surface area contributed by atoms with Gasteiger partial charge in [0.05, 0.1) is 5.92 Å². The van der Waals surface area contributed by atoms with Crippen LogP contribution in [-0.4, -0.2) is 38.5 Å². The normalized spacial score (nSPS) is 14.5. The minimum atomic E-state index is -0.304. The molecule has 1 aliphatic rings. The molecule has 1 amide bonds. The molecule has 0 saturated carbocycles. The zero-order valence-corrected chi connectivity index (χ0v) is 14.9. The van der Waals surface area contributed by atoms with Crippen LogP contribution in [0.15, 0.2) is 47.3 Å². The molecule has 8 heteroatoms. The van der Waals surface area contributed by atoms with Gasteiger partial charge in [-0.15, -0.1) is 0 Å². The first-order valence-electron chi connectivity index (χ1n) is 7.87. The lowest BCUT2D eigenvalue weighted by molar-refractivity contribution is 0.0649. The first-order chi connectivity index (χ1) is 12.1. The third-order valence-corrected chi connectivity index (χ3v) is 4.83. The molecule has 0 spiro atoms. The number of anilines is 1. The number of likely N-dealkylation sites (tertiary alicyclic amines) is 1. The number of amides is 1. The number of nitrogen functional groups attached to an aromatic ring is 1. The SMILES string of the molecule is Nc1nccn2c(C3CN(C(=O)OCc4ccccc4)C3)nc(Br)c12. The fraction of sp³-hybridized carbons (Fsp3) is 0.235. The Morgan fingerprint density at radius 3 is 2.84 bits per heavy atom. The third kappa shape index (κ3) is 2.93. The van der Waals surface area contributed by atoms with E-state index in [2.05, 4.69) is 25.9 Å². The van der Waals surface area contributed by atoms with Crippen LogP contribution in [-0.2, 0) is 11.3 Å². The van der Waals surface area contributed by atoms with Gasteiger partial charge in [0.25, 0.3) is 0 Å². The van der Waals surface area contributed by atoms with E-state index in [1.54, 1.807) is 11.1 Å². The van der Waals surface area contributed by atoms with Crippen LogP contribution >= 0.6 is 15.9 Å². The van der Waals surface area contributed by atoms with Gasteiger partial charge < -0.3 is 15.4 Å². The van der Waals surface area contributed by atoms with Crippen molar-refractivity contribution in [2.75, 3.05) is 18.8 Å². The van der Waals surface area contributed by atoms with Crippen LogP contribution < -0.4 is 5.73 Å². The summed E-state index contributed by atoms with van der Waals surface area (Å²) < 4.78 is 7.93. The number of carbonyl (C=O) groups excluding carboxylic acids is 1. The Balaban J connectivity index is 1.41. The van der Waals surface area contributed by atoms with E-state index in [0.717, 1.165) is 16.9 Å². The summed E-state index contributed by atoms with van der Waals surface area (Å²) in [5.41, 5.74) is 7.64. The van der Waals surface area contributed by atoms with Gasteiger partial charge in [-0.1, -0.05) is 30.3 Å². The number of halogens is 1. The number of fused-ring (bicyclic) bond motifs is 1. The van der Waals surface area contributed by atoms with Gasteiger partial charge in [0.1, 0.15) is 22.6 Å². The number of nitrogens with two attached hydrogens (primary N) is 1. The first kappa shape index (κ1) is 15.9. The lowest BCUT2D eigenvalue weighted by atomic mass is 10.0. The number of hydrogen-bond donors (Lipinski definition) is 1. The fourth-order valence-corrected chi connectivity index (χ4v) is 3.51. The first-order valence-corrected chi connectivity index (χ1v) is 8.66. The standard InChI is InChI=1S/C17H16BrN5O2/c18-14-13-15(19)20-6-7-23(13)16(21-14)12-8-22(9-12)17(24)25-10-11-4-2-1-3-5-11/h1-7,12H,8-10H2,(H2,19,20). The van der Waals surface area contributed by atoms with Gasteiger partial charge in [-0.05, 0) is 21.5 Å². The van der Waals surface area contributed by atoms with Crippen molar-refractivity contribution < 1.29 is 9.53 Å². The molecule has 0 aliphatic carbocycles. The Hall–Kier alpha value is -2.61. The molecular formula is C17H16BrN5O2. The van der Waals surface area contributed by atoms with E-state index in [4.69, 9.17) is 10.5 Å². The molecule has 25 heavy (non-hydrogen) atoms. The number of nitrogens with zero attached hydrogens (tertiary/aromatic N) is 4. The summed E-state index contributed by atoms with van der Waals surface area (Å²) in [4.78, 5) is 22.4. The van der Waals surface area contributed by atoms with E-state index in [0.29, 0.717) is 23.5 Å². The maximum absolute atomic E-state index is 12.1. The predicted molar refractivity (Wildman–Crippen MR) is 96.0 cm³/mol. The van der Waals surface area contributed by atoms with Gasteiger partial charge in [0, 0.05) is 25.5 Å². The van der Waals surface area contributed by atoms with Gasteiger partial charge >= 0.3 is 6.09 Å². The van der Waals surface area contributed by atoms with Crippen LogP contribution in [0.5, 0.6) is 0 Å². The molecule has 7 nitrogen and oxygen atoms in total. The quantitative estimate of drug-likeness (QED) is 0.728.